The van der Waals surface area contributed by atoms with E-state index >= 15 is 0 Å². The summed E-state index contributed by atoms with van der Waals surface area (Å²) in [6, 6.07) is 18.5. The van der Waals surface area contributed by atoms with E-state index in [1.54, 1.807) is 29.2 Å². The minimum absolute atomic E-state index is 0.0161. The van der Waals surface area contributed by atoms with Gasteiger partial charge < -0.3 is 24.4 Å². The highest BCUT2D eigenvalue weighted by Gasteiger charge is 2.31. The van der Waals surface area contributed by atoms with E-state index in [0.29, 0.717) is 36.8 Å². The highest BCUT2D eigenvalue weighted by atomic mass is 35.5. The van der Waals surface area contributed by atoms with E-state index in [9.17, 15) is 23.6 Å². The monoisotopic (exact) mass is 644 g/mol. The van der Waals surface area contributed by atoms with E-state index in [2.05, 4.69) is 10.2 Å². The van der Waals surface area contributed by atoms with E-state index in [0.717, 1.165) is 55.7 Å². The van der Waals surface area contributed by atoms with Crippen LogP contribution in [0.5, 0.6) is 0 Å². The summed E-state index contributed by atoms with van der Waals surface area (Å²) in [7, 11) is 0. The highest BCUT2D eigenvalue weighted by molar-refractivity contribution is 6.30. The first-order valence-corrected chi connectivity index (χ1v) is 15.9. The second kappa shape index (κ2) is 13.7. The number of fused-ring (bicyclic) bond motifs is 1. The number of anilines is 1. The number of halogens is 2. The molecule has 0 bridgehead atoms. The van der Waals surface area contributed by atoms with Gasteiger partial charge in [-0.3, -0.25) is 19.2 Å². The first-order valence-electron chi connectivity index (χ1n) is 15.5. The van der Waals surface area contributed by atoms with E-state index < -0.39 is 29.0 Å². The van der Waals surface area contributed by atoms with Gasteiger partial charge in [-0.2, -0.15) is 0 Å². The molecule has 9 nitrogen and oxygen atoms in total. The van der Waals surface area contributed by atoms with Crippen LogP contribution in [0.25, 0.3) is 11.0 Å². The van der Waals surface area contributed by atoms with E-state index in [4.69, 9.17) is 16.0 Å². The third kappa shape index (κ3) is 6.77. The van der Waals surface area contributed by atoms with Crippen molar-refractivity contribution in [2.45, 2.75) is 31.7 Å². The third-order valence-electron chi connectivity index (χ3n) is 8.60. The molecule has 2 fully saturated rings. The zero-order valence-corrected chi connectivity index (χ0v) is 26.0. The van der Waals surface area contributed by atoms with E-state index in [1.807, 2.05) is 29.2 Å². The lowest BCUT2D eigenvalue weighted by Crippen LogP contribution is -2.56. The molecule has 4 aromatic rings. The van der Waals surface area contributed by atoms with Crippen molar-refractivity contribution >= 4 is 46.0 Å². The number of carbonyl (C=O) groups is 3. The van der Waals surface area contributed by atoms with Crippen molar-refractivity contribution in [1.82, 2.24) is 15.1 Å². The molecular formula is C35H34ClFN4O5. The summed E-state index contributed by atoms with van der Waals surface area (Å²) in [6.45, 7) is 3.25. The van der Waals surface area contributed by atoms with Gasteiger partial charge in [0.05, 0.1) is 10.9 Å². The molecule has 6 rings (SSSR count). The molecule has 0 unspecified atom stereocenters. The number of hydrogen-bond acceptors (Lipinski definition) is 6. The van der Waals surface area contributed by atoms with Crippen molar-refractivity contribution in [2.24, 2.45) is 0 Å². The maximum Gasteiger partial charge on any atom is 0.287 e. The lowest BCUT2D eigenvalue weighted by Gasteiger charge is -2.38. The van der Waals surface area contributed by atoms with Crippen molar-refractivity contribution in [3.63, 3.8) is 0 Å². The number of nitrogens with one attached hydrogen (secondary N) is 1. The summed E-state index contributed by atoms with van der Waals surface area (Å²) >= 11 is 6.07. The number of piperidine rings is 1. The molecule has 1 atom stereocenters. The zero-order chi connectivity index (χ0) is 32.2. The summed E-state index contributed by atoms with van der Waals surface area (Å²) in [4.78, 5) is 59.0. The largest absolute Gasteiger partial charge is 0.448 e. The number of amides is 3. The van der Waals surface area contributed by atoms with Gasteiger partial charge >= 0.3 is 0 Å². The Morgan fingerprint density at radius 1 is 0.848 bits per heavy atom. The van der Waals surface area contributed by atoms with Gasteiger partial charge in [0.15, 0.2) is 22.6 Å². The van der Waals surface area contributed by atoms with Crippen LogP contribution in [0, 0.1) is 5.82 Å². The molecule has 46 heavy (non-hydrogen) atoms. The molecule has 1 N–H and O–H groups in total. The molecule has 2 aliphatic heterocycles. The van der Waals surface area contributed by atoms with Crippen LogP contribution in [0.1, 0.15) is 45.7 Å². The quantitative estimate of drug-likeness (QED) is 0.307. The second-order valence-corrected chi connectivity index (χ2v) is 12.1. The van der Waals surface area contributed by atoms with Gasteiger partial charge in [-0.25, -0.2) is 4.39 Å². The smallest absolute Gasteiger partial charge is 0.287 e. The molecular weight excluding hydrogens is 611 g/mol. The van der Waals surface area contributed by atoms with Crippen LogP contribution in [0.2, 0.25) is 5.02 Å². The van der Waals surface area contributed by atoms with Crippen molar-refractivity contribution < 1.29 is 23.2 Å². The maximum absolute atomic E-state index is 14.4. The van der Waals surface area contributed by atoms with Crippen molar-refractivity contribution in [2.75, 3.05) is 44.2 Å². The minimum atomic E-state index is -1.00. The van der Waals surface area contributed by atoms with Crippen molar-refractivity contribution in [3.8, 4) is 0 Å². The first kappa shape index (κ1) is 31.3. The standard InChI is InChI=1S/C35H34ClFN4O5/c36-24-13-11-23(12-14-24)21-28(38-33(43)31-22-30(42)26-8-6-9-27(37)32(26)46-31)35(45)41-19-17-39(18-20-41)29-10-3-2-7-25(29)34(44)40-15-4-1-5-16-40/h2-3,6-14,22,28H,1,4-5,15-21H2,(H,38,43)/t28-/m1/s1. The predicted octanol–water partition coefficient (Wildman–Crippen LogP) is 4.90. The normalized spacial score (nSPS) is 15.9. The summed E-state index contributed by atoms with van der Waals surface area (Å²) in [5.41, 5.74) is 1.37. The fourth-order valence-electron chi connectivity index (χ4n) is 6.13. The summed E-state index contributed by atoms with van der Waals surface area (Å²) in [5.74, 6) is -2.25. The Morgan fingerprint density at radius 3 is 2.30 bits per heavy atom. The van der Waals surface area contributed by atoms with Crippen LogP contribution in [0.3, 0.4) is 0 Å². The number of hydrogen-bond donors (Lipinski definition) is 1. The molecule has 0 saturated carbocycles. The number of para-hydroxylation sites is 2. The molecule has 0 radical (unpaired) electrons. The second-order valence-electron chi connectivity index (χ2n) is 11.6. The Morgan fingerprint density at radius 2 is 1.57 bits per heavy atom. The Kier molecular flexibility index (Phi) is 9.35. The number of nitrogens with zero attached hydrogens (tertiary/aromatic N) is 3. The Balaban J connectivity index is 1.19. The highest BCUT2D eigenvalue weighted by Crippen LogP contribution is 2.25. The summed E-state index contributed by atoms with van der Waals surface area (Å²) < 4.78 is 19.9. The van der Waals surface area contributed by atoms with Gasteiger partial charge in [0.25, 0.3) is 11.8 Å². The van der Waals surface area contributed by atoms with Crippen LogP contribution in [0.4, 0.5) is 10.1 Å². The average Bonchev–Trinajstić information content (AvgIpc) is 3.09. The van der Waals surface area contributed by atoms with Crippen molar-refractivity contribution in [1.29, 1.82) is 0 Å². The molecule has 0 aliphatic carbocycles. The first-order chi connectivity index (χ1) is 22.3. The third-order valence-corrected chi connectivity index (χ3v) is 8.85. The lowest BCUT2D eigenvalue weighted by atomic mass is 10.0. The Bertz CT molecular complexity index is 1810. The van der Waals surface area contributed by atoms with Gasteiger partial charge in [0.1, 0.15) is 6.04 Å². The topological polar surface area (TPSA) is 103 Å². The number of rotatable bonds is 7. The van der Waals surface area contributed by atoms with Crippen LogP contribution in [-0.4, -0.2) is 72.8 Å². The summed E-state index contributed by atoms with van der Waals surface area (Å²) in [5, 5.41) is 3.28. The molecule has 3 aromatic carbocycles. The molecule has 2 saturated heterocycles. The predicted molar refractivity (Wildman–Crippen MR) is 174 cm³/mol. The van der Waals surface area contributed by atoms with Gasteiger partial charge in [-0.05, 0) is 61.2 Å². The molecule has 238 valence electrons. The van der Waals surface area contributed by atoms with Crippen LogP contribution >= 0.6 is 11.6 Å². The molecule has 3 amide bonds. The SMILES string of the molecule is O=C(N[C@H](Cc1ccc(Cl)cc1)C(=O)N1CCN(c2ccccc2C(=O)N2CCCCC2)CC1)c1cc(=O)c2cccc(F)c2o1. The lowest BCUT2D eigenvalue weighted by molar-refractivity contribution is -0.133. The molecule has 0 spiro atoms. The summed E-state index contributed by atoms with van der Waals surface area (Å²) in [6.07, 6.45) is 3.30. The van der Waals surface area contributed by atoms with Gasteiger partial charge in [-0.1, -0.05) is 41.9 Å². The fourth-order valence-corrected chi connectivity index (χ4v) is 6.25. The van der Waals surface area contributed by atoms with Gasteiger partial charge in [-0.15, -0.1) is 0 Å². The molecule has 11 heteroatoms. The van der Waals surface area contributed by atoms with Gasteiger partial charge in [0.2, 0.25) is 5.91 Å². The number of carbonyl (C=O) groups excluding carboxylic acids is 3. The fraction of sp³-hybridized carbons (Fsp3) is 0.314. The number of likely N-dealkylation sites (tertiary alicyclic amines) is 1. The van der Waals surface area contributed by atoms with Crippen molar-refractivity contribution in [3.05, 3.63) is 111 Å². The number of piperazine rings is 1. The van der Waals surface area contributed by atoms with E-state index in [-0.39, 0.29) is 29.2 Å². The Hall–Kier alpha value is -4.70. The van der Waals surface area contributed by atoms with Crippen LogP contribution in [0.15, 0.2) is 82.0 Å². The number of benzene rings is 3. The Labute approximate surface area is 270 Å². The average molecular weight is 645 g/mol. The van der Waals surface area contributed by atoms with Crippen LogP contribution in [-0.2, 0) is 11.2 Å². The van der Waals surface area contributed by atoms with Gasteiger partial charge in [0, 0.05) is 62.5 Å². The minimum Gasteiger partial charge on any atom is -0.448 e. The molecule has 3 heterocycles. The van der Waals surface area contributed by atoms with E-state index in [1.165, 1.54) is 12.1 Å². The molecule has 1 aromatic heterocycles. The van der Waals surface area contributed by atoms with Crippen LogP contribution < -0.4 is 15.6 Å². The molecule has 2 aliphatic rings. The maximum atomic E-state index is 14.4. The zero-order valence-electron chi connectivity index (χ0n) is 25.2.